The molecule has 1 aliphatic heterocycles. The van der Waals surface area contributed by atoms with Crippen LogP contribution in [0.2, 0.25) is 0 Å². The van der Waals surface area contributed by atoms with Crippen molar-refractivity contribution in [2.24, 2.45) is 11.8 Å². The van der Waals surface area contributed by atoms with Crippen LogP contribution in [0.3, 0.4) is 0 Å². The molecule has 2 atom stereocenters. The number of methoxy groups -OCH3 is 1. The van der Waals surface area contributed by atoms with Crippen LogP contribution in [0.5, 0.6) is 0 Å². The fraction of sp³-hybridized carbons (Fsp3) is 0.400. The Morgan fingerprint density at radius 2 is 2.17 bits per heavy atom. The van der Waals surface area contributed by atoms with Crippen LogP contribution in [0.15, 0.2) is 43.0 Å². The third kappa shape index (κ3) is 2.79. The number of ether oxygens (including phenoxy) is 1. The van der Waals surface area contributed by atoms with E-state index in [9.17, 15) is 4.79 Å². The quantitative estimate of drug-likeness (QED) is 0.601. The molecule has 18 heavy (non-hydrogen) atoms. The molecule has 0 amide bonds. The van der Waals surface area contributed by atoms with Gasteiger partial charge in [0, 0.05) is 25.6 Å². The summed E-state index contributed by atoms with van der Waals surface area (Å²) in [5, 5.41) is 0. The number of hydrogen-bond donors (Lipinski definition) is 0. The van der Waals surface area contributed by atoms with Crippen LogP contribution in [-0.4, -0.2) is 31.1 Å². The average molecular weight is 245 g/mol. The average Bonchev–Trinajstić information content (AvgIpc) is 2.82. The normalized spacial score (nSPS) is 23.8. The molecule has 1 heterocycles. The molecule has 0 bridgehead atoms. The van der Waals surface area contributed by atoms with Crippen LogP contribution in [0.1, 0.15) is 5.56 Å². The Balaban J connectivity index is 2.01. The third-order valence-electron chi connectivity index (χ3n) is 3.50. The lowest BCUT2D eigenvalue weighted by molar-refractivity contribution is -0.145. The van der Waals surface area contributed by atoms with Crippen molar-refractivity contribution in [1.29, 1.82) is 0 Å². The van der Waals surface area contributed by atoms with Gasteiger partial charge in [0.25, 0.3) is 0 Å². The zero-order chi connectivity index (χ0) is 13.0. The SMILES string of the molecule is C=CC1CN(Cc2ccccc2)CC1C(=O)OC. The minimum absolute atomic E-state index is 0.0730. The van der Waals surface area contributed by atoms with E-state index in [0.717, 1.165) is 19.6 Å². The molecule has 3 nitrogen and oxygen atoms in total. The van der Waals surface area contributed by atoms with Crippen molar-refractivity contribution in [3.05, 3.63) is 48.6 Å². The molecule has 3 heteroatoms. The molecule has 1 aromatic rings. The number of esters is 1. The number of carbonyl (C=O) groups is 1. The molecule has 1 aliphatic rings. The van der Waals surface area contributed by atoms with Crippen LogP contribution in [0, 0.1) is 11.8 Å². The van der Waals surface area contributed by atoms with Crippen molar-refractivity contribution in [3.8, 4) is 0 Å². The van der Waals surface area contributed by atoms with Gasteiger partial charge in [-0.15, -0.1) is 6.58 Å². The van der Waals surface area contributed by atoms with Crippen molar-refractivity contribution in [1.82, 2.24) is 4.90 Å². The van der Waals surface area contributed by atoms with Gasteiger partial charge < -0.3 is 4.74 Å². The van der Waals surface area contributed by atoms with Gasteiger partial charge in [-0.25, -0.2) is 0 Å². The first kappa shape index (κ1) is 12.8. The minimum Gasteiger partial charge on any atom is -0.469 e. The van der Waals surface area contributed by atoms with E-state index in [1.165, 1.54) is 12.7 Å². The summed E-state index contributed by atoms with van der Waals surface area (Å²) >= 11 is 0. The summed E-state index contributed by atoms with van der Waals surface area (Å²) in [7, 11) is 1.45. The second kappa shape index (κ2) is 5.83. The van der Waals surface area contributed by atoms with E-state index >= 15 is 0 Å². The summed E-state index contributed by atoms with van der Waals surface area (Å²) in [6.45, 7) is 6.31. The fourth-order valence-electron chi connectivity index (χ4n) is 2.52. The molecule has 2 unspecified atom stereocenters. The highest BCUT2D eigenvalue weighted by Crippen LogP contribution is 2.26. The molecule has 0 saturated carbocycles. The largest absolute Gasteiger partial charge is 0.469 e. The van der Waals surface area contributed by atoms with Gasteiger partial charge in [-0.2, -0.15) is 0 Å². The first-order valence-corrected chi connectivity index (χ1v) is 6.21. The second-order valence-corrected chi connectivity index (χ2v) is 4.71. The van der Waals surface area contributed by atoms with Crippen LogP contribution in [0.4, 0.5) is 0 Å². The van der Waals surface area contributed by atoms with Gasteiger partial charge in [0.1, 0.15) is 0 Å². The first-order chi connectivity index (χ1) is 8.74. The van der Waals surface area contributed by atoms with Crippen LogP contribution < -0.4 is 0 Å². The van der Waals surface area contributed by atoms with E-state index in [-0.39, 0.29) is 17.8 Å². The Bertz CT molecular complexity index is 416. The number of nitrogens with zero attached hydrogens (tertiary/aromatic N) is 1. The molecule has 1 aromatic carbocycles. The van der Waals surface area contributed by atoms with E-state index in [1.54, 1.807) is 0 Å². The summed E-state index contributed by atoms with van der Waals surface area (Å²) in [4.78, 5) is 14.0. The van der Waals surface area contributed by atoms with Gasteiger partial charge in [0.05, 0.1) is 13.0 Å². The maximum Gasteiger partial charge on any atom is 0.310 e. The molecule has 96 valence electrons. The van der Waals surface area contributed by atoms with Crippen LogP contribution in [-0.2, 0) is 16.1 Å². The zero-order valence-electron chi connectivity index (χ0n) is 10.7. The predicted octanol–water partition coefficient (Wildman–Crippen LogP) is 2.09. The maximum atomic E-state index is 11.7. The molecule has 0 N–H and O–H groups in total. The minimum atomic E-state index is -0.129. The first-order valence-electron chi connectivity index (χ1n) is 6.21. The van der Waals surface area contributed by atoms with E-state index < -0.39 is 0 Å². The second-order valence-electron chi connectivity index (χ2n) is 4.71. The van der Waals surface area contributed by atoms with Gasteiger partial charge in [0.15, 0.2) is 0 Å². The number of benzene rings is 1. The third-order valence-corrected chi connectivity index (χ3v) is 3.50. The van der Waals surface area contributed by atoms with Gasteiger partial charge >= 0.3 is 5.97 Å². The summed E-state index contributed by atoms with van der Waals surface area (Å²) in [6.07, 6.45) is 1.87. The molecule has 0 radical (unpaired) electrons. The Morgan fingerprint density at radius 3 is 2.78 bits per heavy atom. The Kier molecular flexibility index (Phi) is 4.15. The molecular weight excluding hydrogens is 226 g/mol. The highest BCUT2D eigenvalue weighted by Gasteiger charge is 2.36. The highest BCUT2D eigenvalue weighted by atomic mass is 16.5. The number of hydrogen-bond acceptors (Lipinski definition) is 3. The smallest absolute Gasteiger partial charge is 0.310 e. The van der Waals surface area contributed by atoms with Crippen molar-refractivity contribution in [2.45, 2.75) is 6.54 Å². The van der Waals surface area contributed by atoms with Crippen molar-refractivity contribution in [2.75, 3.05) is 20.2 Å². The molecule has 1 fully saturated rings. The van der Waals surface area contributed by atoms with E-state index in [2.05, 4.69) is 23.6 Å². The molecule has 0 aliphatic carbocycles. The number of likely N-dealkylation sites (tertiary alicyclic amines) is 1. The Hall–Kier alpha value is -1.61. The van der Waals surface area contributed by atoms with Crippen LogP contribution >= 0.6 is 0 Å². The van der Waals surface area contributed by atoms with Gasteiger partial charge in [0.2, 0.25) is 0 Å². The van der Waals surface area contributed by atoms with Gasteiger partial charge in [-0.3, -0.25) is 9.69 Å². The van der Waals surface area contributed by atoms with Crippen LogP contribution in [0.25, 0.3) is 0 Å². The van der Waals surface area contributed by atoms with Crippen molar-refractivity contribution < 1.29 is 9.53 Å². The van der Waals surface area contributed by atoms with E-state index in [1.807, 2.05) is 24.3 Å². The van der Waals surface area contributed by atoms with E-state index in [0.29, 0.717) is 0 Å². The van der Waals surface area contributed by atoms with Gasteiger partial charge in [-0.05, 0) is 5.56 Å². The molecular formula is C15H19NO2. The highest BCUT2D eigenvalue weighted by molar-refractivity contribution is 5.73. The van der Waals surface area contributed by atoms with Crippen molar-refractivity contribution >= 4 is 5.97 Å². The Labute approximate surface area is 108 Å². The Morgan fingerprint density at radius 1 is 1.44 bits per heavy atom. The summed E-state index contributed by atoms with van der Waals surface area (Å²) < 4.78 is 4.85. The number of rotatable bonds is 4. The predicted molar refractivity (Wildman–Crippen MR) is 70.9 cm³/mol. The maximum absolute atomic E-state index is 11.7. The lowest BCUT2D eigenvalue weighted by atomic mass is 9.97. The van der Waals surface area contributed by atoms with Crippen molar-refractivity contribution in [3.63, 3.8) is 0 Å². The monoisotopic (exact) mass is 245 g/mol. The summed E-state index contributed by atoms with van der Waals surface area (Å²) in [5.74, 6) is -0.00663. The van der Waals surface area contributed by atoms with E-state index in [4.69, 9.17) is 4.74 Å². The molecule has 1 saturated heterocycles. The molecule has 0 spiro atoms. The lowest BCUT2D eigenvalue weighted by Crippen LogP contribution is -2.24. The number of carbonyl (C=O) groups excluding carboxylic acids is 1. The summed E-state index contributed by atoms with van der Waals surface area (Å²) in [5.41, 5.74) is 1.27. The molecule has 0 aromatic heterocycles. The van der Waals surface area contributed by atoms with Gasteiger partial charge in [-0.1, -0.05) is 36.4 Å². The summed E-state index contributed by atoms with van der Waals surface area (Å²) in [6, 6.07) is 10.3. The lowest BCUT2D eigenvalue weighted by Gasteiger charge is -2.15. The molecule has 2 rings (SSSR count). The zero-order valence-corrected chi connectivity index (χ0v) is 10.7. The fourth-order valence-corrected chi connectivity index (χ4v) is 2.52. The standard InChI is InChI=1S/C15H19NO2/c1-3-13-10-16(11-14(13)15(17)18-2)9-12-7-5-4-6-8-12/h3-8,13-14H,1,9-11H2,2H3. The topological polar surface area (TPSA) is 29.5 Å².